The van der Waals surface area contributed by atoms with Gasteiger partial charge in [0.2, 0.25) is 0 Å². The molecule has 0 aromatic rings. The van der Waals surface area contributed by atoms with Gasteiger partial charge >= 0.3 is 5.97 Å². The van der Waals surface area contributed by atoms with E-state index in [9.17, 15) is 19.8 Å². The van der Waals surface area contributed by atoms with E-state index in [0.717, 1.165) is 44.9 Å². The summed E-state index contributed by atoms with van der Waals surface area (Å²) in [6.07, 6.45) is 10.6. The van der Waals surface area contributed by atoms with Crippen LogP contribution in [0.4, 0.5) is 0 Å². The van der Waals surface area contributed by atoms with Crippen LogP contribution in [-0.4, -0.2) is 39.3 Å². The minimum atomic E-state index is -0.761. The Bertz CT molecular complexity index is 432. The molecule has 144 valence electrons. The zero-order valence-corrected chi connectivity index (χ0v) is 15.4. The van der Waals surface area contributed by atoms with Crippen LogP contribution in [0.15, 0.2) is 12.2 Å². The molecule has 0 aliphatic heterocycles. The average Bonchev–Trinajstić information content (AvgIpc) is 2.82. The number of carbonyl (C=O) groups excluding carboxylic acids is 1. The van der Waals surface area contributed by atoms with Gasteiger partial charge in [-0.05, 0) is 31.3 Å². The molecule has 25 heavy (non-hydrogen) atoms. The lowest BCUT2D eigenvalue weighted by Crippen LogP contribution is -2.20. The van der Waals surface area contributed by atoms with E-state index in [-0.39, 0.29) is 24.0 Å². The molecule has 5 nitrogen and oxygen atoms in total. The van der Waals surface area contributed by atoms with Crippen LogP contribution < -0.4 is 0 Å². The molecule has 1 aliphatic carbocycles. The summed E-state index contributed by atoms with van der Waals surface area (Å²) in [4.78, 5) is 22.4. The Morgan fingerprint density at radius 1 is 0.960 bits per heavy atom. The summed E-state index contributed by atoms with van der Waals surface area (Å²) >= 11 is 0. The highest BCUT2D eigenvalue weighted by molar-refractivity contribution is 5.89. The van der Waals surface area contributed by atoms with E-state index in [4.69, 9.17) is 5.11 Å². The van der Waals surface area contributed by atoms with Gasteiger partial charge in [-0.3, -0.25) is 9.59 Å². The molecule has 1 saturated carbocycles. The molecule has 0 heterocycles. The molecule has 0 aromatic heterocycles. The van der Waals surface area contributed by atoms with Crippen molar-refractivity contribution in [1.29, 1.82) is 0 Å². The van der Waals surface area contributed by atoms with Crippen molar-refractivity contribution in [3.05, 3.63) is 12.2 Å². The minimum absolute atomic E-state index is 0.0193. The van der Waals surface area contributed by atoms with Crippen LogP contribution in [-0.2, 0) is 9.59 Å². The van der Waals surface area contributed by atoms with Crippen LogP contribution in [0.3, 0.4) is 0 Å². The maximum atomic E-state index is 11.9. The van der Waals surface area contributed by atoms with Crippen LogP contribution >= 0.6 is 0 Å². The number of rotatable bonds is 13. The summed E-state index contributed by atoms with van der Waals surface area (Å²) in [7, 11) is 0. The minimum Gasteiger partial charge on any atom is -0.481 e. The number of unbranched alkanes of at least 4 members (excludes halogenated alkanes) is 5. The fourth-order valence-electron chi connectivity index (χ4n) is 3.64. The molecular formula is C20H34O5. The number of hydrogen-bond acceptors (Lipinski definition) is 4. The number of allylic oxidation sites excluding steroid dienone is 1. The lowest BCUT2D eigenvalue weighted by atomic mass is 9.88. The van der Waals surface area contributed by atoms with E-state index in [1.165, 1.54) is 0 Å². The van der Waals surface area contributed by atoms with Gasteiger partial charge in [0.1, 0.15) is 0 Å². The van der Waals surface area contributed by atoms with Gasteiger partial charge in [0.15, 0.2) is 5.78 Å². The van der Waals surface area contributed by atoms with E-state index in [2.05, 4.69) is 6.92 Å². The van der Waals surface area contributed by atoms with Gasteiger partial charge in [-0.2, -0.15) is 0 Å². The maximum Gasteiger partial charge on any atom is 0.303 e. The van der Waals surface area contributed by atoms with Crippen molar-refractivity contribution in [2.45, 2.75) is 89.8 Å². The standard InChI is InChI=1S/C20H34O5/c1-2-3-6-9-15(21)12-13-17-16(18(22)14-19(17)23)10-7-4-5-8-11-20(24)25/h12-13,16-19,22-23H,2-11,14H2,1H3,(H,24,25)/b13-12+/t16-,17-,18+,19+/m1/s1. The lowest BCUT2D eigenvalue weighted by Gasteiger charge is -2.20. The van der Waals surface area contributed by atoms with Gasteiger partial charge in [-0.15, -0.1) is 0 Å². The summed E-state index contributed by atoms with van der Waals surface area (Å²) in [5, 5.41) is 29.0. The second-order valence-corrected chi connectivity index (χ2v) is 7.24. The summed E-state index contributed by atoms with van der Waals surface area (Å²) < 4.78 is 0. The Balaban J connectivity index is 2.39. The first-order chi connectivity index (χ1) is 12.0. The molecule has 4 atom stereocenters. The molecule has 0 radical (unpaired) electrons. The van der Waals surface area contributed by atoms with Crippen LogP contribution in [0.2, 0.25) is 0 Å². The molecule has 5 heteroatoms. The van der Waals surface area contributed by atoms with Crippen molar-refractivity contribution in [1.82, 2.24) is 0 Å². The Kier molecular flexibility index (Phi) is 10.7. The number of ketones is 1. The van der Waals surface area contributed by atoms with Crippen molar-refractivity contribution in [2.24, 2.45) is 11.8 Å². The van der Waals surface area contributed by atoms with Gasteiger partial charge in [0.25, 0.3) is 0 Å². The van der Waals surface area contributed by atoms with E-state index >= 15 is 0 Å². The first kappa shape index (κ1) is 21.8. The average molecular weight is 354 g/mol. The number of aliphatic carboxylic acids is 1. The highest BCUT2D eigenvalue weighted by Gasteiger charge is 2.39. The van der Waals surface area contributed by atoms with Crippen molar-refractivity contribution >= 4 is 11.8 Å². The zero-order valence-electron chi connectivity index (χ0n) is 15.4. The Morgan fingerprint density at radius 2 is 1.64 bits per heavy atom. The first-order valence-corrected chi connectivity index (χ1v) is 9.74. The summed E-state index contributed by atoms with van der Waals surface area (Å²) in [5.41, 5.74) is 0. The SMILES string of the molecule is CCCCCC(=O)/C=C/[C@@H]1[C@@H](CCCCCCC(=O)O)[C@@H](O)C[C@@H]1O. The van der Waals surface area contributed by atoms with Crippen LogP contribution in [0.5, 0.6) is 0 Å². The quantitative estimate of drug-likeness (QED) is 0.348. The van der Waals surface area contributed by atoms with Gasteiger partial charge in [0.05, 0.1) is 12.2 Å². The van der Waals surface area contributed by atoms with Crippen LogP contribution in [0.25, 0.3) is 0 Å². The number of carbonyl (C=O) groups is 2. The molecule has 0 saturated heterocycles. The molecule has 0 bridgehead atoms. The number of hydrogen-bond donors (Lipinski definition) is 3. The maximum absolute atomic E-state index is 11.9. The van der Waals surface area contributed by atoms with Crippen molar-refractivity contribution in [3.63, 3.8) is 0 Å². The van der Waals surface area contributed by atoms with Crippen molar-refractivity contribution in [2.75, 3.05) is 0 Å². The highest BCUT2D eigenvalue weighted by Crippen LogP contribution is 2.37. The first-order valence-electron chi connectivity index (χ1n) is 9.74. The second-order valence-electron chi connectivity index (χ2n) is 7.24. The molecule has 1 aliphatic rings. The molecule has 1 rings (SSSR count). The Hall–Kier alpha value is -1.20. The number of carboxylic acids is 1. The monoisotopic (exact) mass is 354 g/mol. The van der Waals surface area contributed by atoms with Gasteiger partial charge < -0.3 is 15.3 Å². The predicted molar refractivity (Wildman–Crippen MR) is 97.2 cm³/mol. The Morgan fingerprint density at radius 3 is 2.32 bits per heavy atom. The van der Waals surface area contributed by atoms with E-state index in [1.807, 2.05) is 0 Å². The smallest absolute Gasteiger partial charge is 0.303 e. The van der Waals surface area contributed by atoms with E-state index in [0.29, 0.717) is 19.3 Å². The lowest BCUT2D eigenvalue weighted by molar-refractivity contribution is -0.137. The molecule has 1 fully saturated rings. The van der Waals surface area contributed by atoms with Crippen LogP contribution in [0.1, 0.15) is 77.6 Å². The fraction of sp³-hybridized carbons (Fsp3) is 0.800. The van der Waals surface area contributed by atoms with Crippen molar-refractivity contribution in [3.8, 4) is 0 Å². The van der Waals surface area contributed by atoms with Crippen LogP contribution in [0, 0.1) is 11.8 Å². The largest absolute Gasteiger partial charge is 0.481 e. The third-order valence-electron chi connectivity index (χ3n) is 5.13. The summed E-state index contributed by atoms with van der Waals surface area (Å²) in [5.74, 6) is -0.851. The van der Waals surface area contributed by atoms with Gasteiger partial charge in [0, 0.05) is 25.2 Å². The zero-order chi connectivity index (χ0) is 18.7. The molecule has 0 unspecified atom stereocenters. The number of aliphatic hydroxyl groups is 2. The molecule has 0 amide bonds. The molecule has 0 aromatic carbocycles. The van der Waals surface area contributed by atoms with Crippen molar-refractivity contribution < 1.29 is 24.9 Å². The second kappa shape index (κ2) is 12.2. The molecular weight excluding hydrogens is 320 g/mol. The third-order valence-corrected chi connectivity index (χ3v) is 5.13. The van der Waals surface area contributed by atoms with Gasteiger partial charge in [-0.25, -0.2) is 0 Å². The van der Waals surface area contributed by atoms with Gasteiger partial charge in [-0.1, -0.05) is 45.1 Å². The van der Waals surface area contributed by atoms with E-state index < -0.39 is 18.2 Å². The number of aliphatic hydroxyl groups excluding tert-OH is 2. The highest BCUT2D eigenvalue weighted by atomic mass is 16.4. The topological polar surface area (TPSA) is 94.8 Å². The number of carboxylic acid groups (broad SMARTS) is 1. The molecule has 0 spiro atoms. The summed E-state index contributed by atoms with van der Waals surface area (Å²) in [6, 6.07) is 0. The molecule has 3 N–H and O–H groups in total. The predicted octanol–water partition coefficient (Wildman–Crippen LogP) is 3.48. The summed E-state index contributed by atoms with van der Waals surface area (Å²) in [6.45, 7) is 2.10. The Labute approximate surface area is 151 Å². The van der Waals surface area contributed by atoms with E-state index in [1.54, 1.807) is 12.2 Å². The normalized spacial score (nSPS) is 26.4. The third kappa shape index (κ3) is 8.63. The fourth-order valence-corrected chi connectivity index (χ4v) is 3.64.